The second-order valence-electron chi connectivity index (χ2n) is 4.57. The van der Waals surface area contributed by atoms with Crippen molar-refractivity contribution in [1.82, 2.24) is 19.1 Å². The molecule has 0 aliphatic carbocycles. The molecule has 9 heteroatoms. The molecule has 0 aromatic carbocycles. The third kappa shape index (κ3) is 3.50. The highest BCUT2D eigenvalue weighted by atomic mass is 16.5. The highest BCUT2D eigenvalue weighted by Gasteiger charge is 2.19. The monoisotopic (exact) mass is 308 g/mol. The quantitative estimate of drug-likeness (QED) is 0.707. The molecular formula is C13H16N4O5. The van der Waals surface area contributed by atoms with Crippen LogP contribution >= 0.6 is 0 Å². The number of methoxy groups -OCH3 is 1. The molecule has 22 heavy (non-hydrogen) atoms. The predicted molar refractivity (Wildman–Crippen MR) is 75.5 cm³/mol. The fourth-order valence-electron chi connectivity index (χ4n) is 1.96. The Morgan fingerprint density at radius 3 is 2.82 bits per heavy atom. The average Bonchev–Trinajstić information content (AvgIpc) is 2.80. The van der Waals surface area contributed by atoms with Crippen molar-refractivity contribution in [2.45, 2.75) is 6.54 Å². The molecule has 2 aromatic rings. The van der Waals surface area contributed by atoms with Crippen molar-refractivity contribution in [3.05, 3.63) is 34.9 Å². The summed E-state index contributed by atoms with van der Waals surface area (Å²) in [5, 5.41) is 12.9. The number of aliphatic carboxylic acids is 1. The zero-order valence-electron chi connectivity index (χ0n) is 12.0. The van der Waals surface area contributed by atoms with E-state index in [0.717, 1.165) is 9.58 Å². The topological polar surface area (TPSA) is 106 Å². The Hall–Kier alpha value is -2.68. The number of hydrogen-bond donors (Lipinski definition) is 1. The van der Waals surface area contributed by atoms with Gasteiger partial charge < -0.3 is 14.7 Å². The summed E-state index contributed by atoms with van der Waals surface area (Å²) in [5.74, 6) is -1.64. The second-order valence-corrected chi connectivity index (χ2v) is 4.57. The van der Waals surface area contributed by atoms with Gasteiger partial charge in [-0.15, -0.1) is 5.10 Å². The fourth-order valence-corrected chi connectivity index (χ4v) is 1.96. The number of aromatic nitrogens is 3. The number of carboxylic acids is 1. The van der Waals surface area contributed by atoms with Crippen molar-refractivity contribution in [2.75, 3.05) is 26.8 Å². The molecular weight excluding hydrogens is 292 g/mol. The summed E-state index contributed by atoms with van der Waals surface area (Å²) in [6, 6.07) is 5.04. The lowest BCUT2D eigenvalue weighted by molar-refractivity contribution is -0.145. The molecule has 0 aliphatic heterocycles. The second kappa shape index (κ2) is 6.85. The molecule has 2 aromatic heterocycles. The minimum Gasteiger partial charge on any atom is -0.480 e. The van der Waals surface area contributed by atoms with E-state index in [4.69, 9.17) is 9.84 Å². The van der Waals surface area contributed by atoms with E-state index in [0.29, 0.717) is 5.65 Å². The minimum atomic E-state index is -1.13. The molecule has 0 saturated carbocycles. The van der Waals surface area contributed by atoms with E-state index in [-0.39, 0.29) is 19.7 Å². The zero-order chi connectivity index (χ0) is 16.1. The van der Waals surface area contributed by atoms with Crippen LogP contribution in [0.25, 0.3) is 5.65 Å². The molecule has 118 valence electrons. The van der Waals surface area contributed by atoms with Gasteiger partial charge in [0.1, 0.15) is 13.1 Å². The van der Waals surface area contributed by atoms with Crippen molar-refractivity contribution in [3.63, 3.8) is 0 Å². The third-order valence-electron chi connectivity index (χ3n) is 3.02. The van der Waals surface area contributed by atoms with Crippen LogP contribution in [0.2, 0.25) is 0 Å². The van der Waals surface area contributed by atoms with Crippen LogP contribution in [0.3, 0.4) is 0 Å². The van der Waals surface area contributed by atoms with Crippen LogP contribution in [0.4, 0.5) is 0 Å². The average molecular weight is 308 g/mol. The van der Waals surface area contributed by atoms with Gasteiger partial charge in [0.2, 0.25) is 5.91 Å². The van der Waals surface area contributed by atoms with E-state index in [1.54, 1.807) is 24.4 Å². The summed E-state index contributed by atoms with van der Waals surface area (Å²) in [5.41, 5.74) is -0.0343. The predicted octanol–water partition coefficient (Wildman–Crippen LogP) is -0.944. The van der Waals surface area contributed by atoms with Gasteiger partial charge in [0.05, 0.1) is 6.61 Å². The first-order valence-corrected chi connectivity index (χ1v) is 6.55. The van der Waals surface area contributed by atoms with Crippen LogP contribution in [0, 0.1) is 0 Å². The maximum absolute atomic E-state index is 12.2. The summed E-state index contributed by atoms with van der Waals surface area (Å²) in [4.78, 5) is 36.2. The van der Waals surface area contributed by atoms with Gasteiger partial charge >= 0.3 is 11.7 Å². The fraction of sp³-hybridized carbons (Fsp3) is 0.385. The van der Waals surface area contributed by atoms with Crippen molar-refractivity contribution in [2.24, 2.45) is 0 Å². The Labute approximate surface area is 125 Å². The molecule has 2 heterocycles. The summed E-state index contributed by atoms with van der Waals surface area (Å²) in [7, 11) is 1.45. The molecule has 0 unspecified atom stereocenters. The number of hydrogen-bond acceptors (Lipinski definition) is 5. The largest absolute Gasteiger partial charge is 0.480 e. The van der Waals surface area contributed by atoms with Crippen LogP contribution in [-0.4, -0.2) is 62.9 Å². The molecule has 0 spiro atoms. The number of rotatable bonds is 7. The van der Waals surface area contributed by atoms with Gasteiger partial charge in [-0.3, -0.25) is 14.0 Å². The van der Waals surface area contributed by atoms with Gasteiger partial charge in [0, 0.05) is 19.9 Å². The number of ether oxygens (including phenoxy) is 1. The highest BCUT2D eigenvalue weighted by molar-refractivity contribution is 5.81. The Morgan fingerprint density at radius 2 is 2.18 bits per heavy atom. The van der Waals surface area contributed by atoms with Crippen molar-refractivity contribution in [1.29, 1.82) is 0 Å². The van der Waals surface area contributed by atoms with E-state index < -0.39 is 24.1 Å². The Morgan fingerprint density at radius 1 is 1.41 bits per heavy atom. The zero-order valence-corrected chi connectivity index (χ0v) is 12.0. The maximum Gasteiger partial charge on any atom is 0.350 e. The van der Waals surface area contributed by atoms with E-state index >= 15 is 0 Å². The number of amides is 1. The van der Waals surface area contributed by atoms with Crippen molar-refractivity contribution >= 4 is 17.5 Å². The molecule has 0 radical (unpaired) electrons. The molecule has 0 bridgehead atoms. The Balaban J connectivity index is 2.18. The maximum atomic E-state index is 12.2. The van der Waals surface area contributed by atoms with Crippen molar-refractivity contribution in [3.8, 4) is 0 Å². The minimum absolute atomic E-state index is 0.129. The van der Waals surface area contributed by atoms with Gasteiger partial charge in [-0.05, 0) is 12.1 Å². The van der Waals surface area contributed by atoms with E-state index in [1.165, 1.54) is 11.5 Å². The molecule has 2 rings (SSSR count). The van der Waals surface area contributed by atoms with Gasteiger partial charge in [-0.1, -0.05) is 6.07 Å². The van der Waals surface area contributed by atoms with E-state index in [1.807, 2.05) is 0 Å². The van der Waals surface area contributed by atoms with Gasteiger partial charge in [-0.25, -0.2) is 9.48 Å². The van der Waals surface area contributed by atoms with Crippen molar-refractivity contribution < 1.29 is 19.4 Å². The van der Waals surface area contributed by atoms with Crippen LogP contribution < -0.4 is 5.69 Å². The van der Waals surface area contributed by atoms with Crippen LogP contribution in [-0.2, 0) is 20.9 Å². The Kier molecular flexibility index (Phi) is 4.89. The first kappa shape index (κ1) is 15.7. The standard InChI is InChI=1S/C13H16N4O5/c1-22-7-6-15(9-12(19)20)11(18)8-17-13(21)16-5-3-2-4-10(16)14-17/h2-5H,6-9H2,1H3,(H,19,20). The molecule has 0 saturated heterocycles. The lowest BCUT2D eigenvalue weighted by atomic mass is 10.4. The van der Waals surface area contributed by atoms with Gasteiger partial charge in [-0.2, -0.15) is 0 Å². The van der Waals surface area contributed by atoms with E-state index in [2.05, 4.69) is 5.10 Å². The summed E-state index contributed by atoms with van der Waals surface area (Å²) in [6.07, 6.45) is 1.55. The number of pyridine rings is 1. The SMILES string of the molecule is COCCN(CC(=O)O)C(=O)Cn1nc2ccccn2c1=O. The molecule has 0 atom stereocenters. The van der Waals surface area contributed by atoms with Gasteiger partial charge in [0.25, 0.3) is 0 Å². The number of fused-ring (bicyclic) bond motifs is 1. The molecule has 0 fully saturated rings. The summed E-state index contributed by atoms with van der Waals surface area (Å²) in [6.45, 7) is -0.440. The Bertz CT molecular complexity index is 735. The molecule has 0 aliphatic rings. The van der Waals surface area contributed by atoms with Crippen LogP contribution in [0.15, 0.2) is 29.2 Å². The third-order valence-corrected chi connectivity index (χ3v) is 3.02. The van der Waals surface area contributed by atoms with E-state index in [9.17, 15) is 14.4 Å². The highest BCUT2D eigenvalue weighted by Crippen LogP contribution is 1.97. The first-order chi connectivity index (χ1) is 10.5. The smallest absolute Gasteiger partial charge is 0.350 e. The van der Waals surface area contributed by atoms with Gasteiger partial charge in [0.15, 0.2) is 5.65 Å². The number of carbonyl (C=O) groups excluding carboxylic acids is 1. The molecule has 9 nitrogen and oxygen atoms in total. The number of nitrogens with zero attached hydrogens (tertiary/aromatic N) is 4. The van der Waals surface area contributed by atoms with Crippen LogP contribution in [0.1, 0.15) is 0 Å². The summed E-state index contributed by atoms with van der Waals surface area (Å²) >= 11 is 0. The molecule has 1 amide bonds. The first-order valence-electron chi connectivity index (χ1n) is 6.55. The normalized spacial score (nSPS) is 10.8. The lowest BCUT2D eigenvalue weighted by Crippen LogP contribution is -2.41. The lowest BCUT2D eigenvalue weighted by Gasteiger charge is -2.19. The van der Waals surface area contributed by atoms with Crippen LogP contribution in [0.5, 0.6) is 0 Å². The molecule has 1 N–H and O–H groups in total. The number of carboxylic acid groups (broad SMARTS) is 1. The number of carbonyl (C=O) groups is 2. The summed E-state index contributed by atoms with van der Waals surface area (Å²) < 4.78 is 7.17.